The van der Waals surface area contributed by atoms with E-state index < -0.39 is 62.0 Å². The Morgan fingerprint density at radius 3 is 2.18 bits per heavy atom. The lowest BCUT2D eigenvalue weighted by Gasteiger charge is -2.48. The first-order valence-corrected chi connectivity index (χ1v) is 14.1. The van der Waals surface area contributed by atoms with Gasteiger partial charge in [-0.3, -0.25) is 9.80 Å². The van der Waals surface area contributed by atoms with Crippen molar-refractivity contribution in [3.8, 4) is 0 Å². The number of benzene rings is 2. The lowest BCUT2D eigenvalue weighted by atomic mass is 9.97. The third kappa shape index (κ3) is 5.72. The monoisotopic (exact) mass is 566 g/mol. The molecule has 2 aliphatic rings. The Morgan fingerprint density at radius 2 is 1.59 bits per heavy atom. The van der Waals surface area contributed by atoms with Crippen LogP contribution in [0.15, 0.2) is 65.6 Å². The molecule has 2 bridgehead atoms. The van der Waals surface area contributed by atoms with Gasteiger partial charge in [-0.2, -0.15) is 8.78 Å². The average Bonchev–Trinajstić information content (AvgIpc) is 3.20. The van der Waals surface area contributed by atoms with Crippen molar-refractivity contribution in [3.63, 3.8) is 0 Å². The molecule has 0 radical (unpaired) electrons. The predicted octanol–water partition coefficient (Wildman–Crippen LogP) is 4.20. The quantitative estimate of drug-likeness (QED) is 0.558. The highest BCUT2D eigenvalue weighted by Gasteiger charge is 2.62. The second-order valence-corrected chi connectivity index (χ2v) is 12.7. The van der Waals surface area contributed by atoms with Crippen molar-refractivity contribution in [1.29, 1.82) is 0 Å². The molecule has 4 atom stereocenters. The molecule has 2 aromatic rings. The molecule has 0 saturated carbocycles. The average molecular weight is 567 g/mol. The molecule has 12 heteroatoms. The molecule has 0 unspecified atom stereocenters. The molecular weight excluding hydrogens is 534 g/mol. The number of aliphatic hydroxyl groups is 1. The van der Waals surface area contributed by atoms with E-state index in [-0.39, 0.29) is 19.6 Å². The number of aliphatic hydroxyl groups excluding tert-OH is 1. The lowest BCUT2D eigenvalue weighted by Crippen LogP contribution is -2.69. The fraction of sp³-hybridized carbons (Fsp3) is 0.481. The highest BCUT2D eigenvalue weighted by Crippen LogP contribution is 2.42. The number of sulfone groups is 1. The molecule has 2 aromatic carbocycles. The SMILES string of the molecule is CC(C)(C)OC(=O)N1[C@@H]2CC[C@H]1[C@@H]([C@H](O)C(F)(F)S(=O)(=O)c1ccccc1)N(C(=O)OCc1ccccc1)C2. The van der Waals surface area contributed by atoms with Gasteiger partial charge in [0, 0.05) is 6.54 Å². The fourth-order valence-electron chi connectivity index (χ4n) is 5.08. The van der Waals surface area contributed by atoms with Crippen molar-refractivity contribution in [2.45, 2.75) is 80.2 Å². The number of likely N-dealkylation sites (tertiary alicyclic amines) is 1. The summed E-state index contributed by atoms with van der Waals surface area (Å²) in [5, 5.41) is 6.40. The van der Waals surface area contributed by atoms with Gasteiger partial charge in [-0.05, 0) is 51.3 Å². The van der Waals surface area contributed by atoms with Crippen molar-refractivity contribution in [2.75, 3.05) is 6.54 Å². The molecule has 2 amide bonds. The molecule has 9 nitrogen and oxygen atoms in total. The Morgan fingerprint density at radius 1 is 1.00 bits per heavy atom. The number of ether oxygens (including phenoxy) is 2. The molecule has 2 heterocycles. The number of nitrogens with zero attached hydrogens (tertiary/aromatic N) is 2. The largest absolute Gasteiger partial charge is 0.445 e. The third-order valence-electron chi connectivity index (χ3n) is 6.83. The van der Waals surface area contributed by atoms with E-state index in [1.807, 2.05) is 0 Å². The number of carbonyl (C=O) groups is 2. The highest BCUT2D eigenvalue weighted by atomic mass is 32.2. The number of amides is 2. The number of halogens is 2. The van der Waals surface area contributed by atoms with Gasteiger partial charge in [0.2, 0.25) is 9.84 Å². The van der Waals surface area contributed by atoms with Gasteiger partial charge in [0.25, 0.3) is 0 Å². The summed E-state index contributed by atoms with van der Waals surface area (Å²) in [6.45, 7) is 4.54. The molecular formula is C27H32F2N2O7S. The van der Waals surface area contributed by atoms with Gasteiger partial charge in [0.1, 0.15) is 12.2 Å². The zero-order chi connectivity index (χ0) is 28.6. The number of alkyl halides is 2. The van der Waals surface area contributed by atoms with E-state index in [0.717, 1.165) is 17.0 Å². The molecule has 4 rings (SSSR count). The summed E-state index contributed by atoms with van der Waals surface area (Å²) in [5.74, 6) is 0. The van der Waals surface area contributed by atoms with Crippen molar-refractivity contribution in [2.24, 2.45) is 0 Å². The molecule has 2 fully saturated rings. The van der Waals surface area contributed by atoms with Gasteiger partial charge in [0.15, 0.2) is 6.10 Å². The third-order valence-corrected chi connectivity index (χ3v) is 8.68. The zero-order valence-electron chi connectivity index (χ0n) is 21.9. The molecule has 2 saturated heterocycles. The van der Waals surface area contributed by atoms with Crippen LogP contribution in [0.2, 0.25) is 0 Å². The van der Waals surface area contributed by atoms with E-state index in [2.05, 4.69) is 0 Å². The van der Waals surface area contributed by atoms with Gasteiger partial charge in [-0.15, -0.1) is 0 Å². The second kappa shape index (κ2) is 10.7. The topological polar surface area (TPSA) is 113 Å². The van der Waals surface area contributed by atoms with Crippen LogP contribution < -0.4 is 0 Å². The Kier molecular flexibility index (Phi) is 7.91. The summed E-state index contributed by atoms with van der Waals surface area (Å²) >= 11 is 0. The van der Waals surface area contributed by atoms with Crippen LogP contribution in [0.1, 0.15) is 39.2 Å². The van der Waals surface area contributed by atoms with Crippen molar-refractivity contribution in [3.05, 3.63) is 66.2 Å². The summed E-state index contributed by atoms with van der Waals surface area (Å²) in [6, 6.07) is 11.2. The van der Waals surface area contributed by atoms with E-state index in [9.17, 15) is 23.1 Å². The Bertz CT molecular complexity index is 1290. The number of carbonyl (C=O) groups excluding carboxylic acids is 2. The van der Waals surface area contributed by atoms with E-state index in [4.69, 9.17) is 9.47 Å². The van der Waals surface area contributed by atoms with Gasteiger partial charge < -0.3 is 14.6 Å². The van der Waals surface area contributed by atoms with Gasteiger partial charge in [-0.1, -0.05) is 48.5 Å². The summed E-state index contributed by atoms with van der Waals surface area (Å²) in [7, 11) is -5.37. The van der Waals surface area contributed by atoms with Crippen LogP contribution in [0, 0.1) is 0 Å². The Balaban J connectivity index is 1.69. The number of rotatable bonds is 6. The first-order chi connectivity index (χ1) is 18.2. The Labute approximate surface area is 226 Å². The maximum atomic E-state index is 15.7. The van der Waals surface area contributed by atoms with Crippen LogP contribution >= 0.6 is 0 Å². The van der Waals surface area contributed by atoms with E-state index in [0.29, 0.717) is 12.0 Å². The van der Waals surface area contributed by atoms with Crippen molar-refractivity contribution >= 4 is 22.0 Å². The molecule has 1 N–H and O–H groups in total. The summed E-state index contributed by atoms with van der Waals surface area (Å²) in [6.07, 6.45) is -4.18. The first kappa shape index (κ1) is 28.8. The minimum atomic E-state index is -5.37. The van der Waals surface area contributed by atoms with Crippen LogP contribution in [-0.2, 0) is 25.9 Å². The van der Waals surface area contributed by atoms with Gasteiger partial charge >= 0.3 is 17.4 Å². The normalized spacial score (nSPS) is 22.4. The lowest BCUT2D eigenvalue weighted by molar-refractivity contribution is -0.113. The smallest absolute Gasteiger partial charge is 0.410 e. The van der Waals surface area contributed by atoms with Crippen LogP contribution in [0.4, 0.5) is 18.4 Å². The van der Waals surface area contributed by atoms with Crippen LogP contribution in [-0.4, -0.2) is 77.1 Å². The van der Waals surface area contributed by atoms with Crippen LogP contribution in [0.5, 0.6) is 0 Å². The standard InChI is InChI=1S/C27H32F2N2O7S/c1-26(2,3)38-25(34)31-19-14-15-21(31)22(30(16-19)24(33)37-17-18-10-6-4-7-11-18)23(32)27(28,29)39(35,36)20-12-8-5-9-13-20/h4-13,19,21-23,32H,14-17H2,1-3H3/t19-,21+,22+,23+/m1/s1. The van der Waals surface area contributed by atoms with Crippen LogP contribution in [0.25, 0.3) is 0 Å². The van der Waals surface area contributed by atoms with Crippen LogP contribution in [0.3, 0.4) is 0 Å². The number of hydrogen-bond acceptors (Lipinski definition) is 7. The van der Waals surface area contributed by atoms with Crippen molar-refractivity contribution in [1.82, 2.24) is 9.80 Å². The van der Waals surface area contributed by atoms with Gasteiger partial charge in [0.05, 0.1) is 23.0 Å². The maximum Gasteiger partial charge on any atom is 0.410 e. The highest BCUT2D eigenvalue weighted by molar-refractivity contribution is 7.92. The minimum Gasteiger partial charge on any atom is -0.445 e. The van der Waals surface area contributed by atoms with E-state index >= 15 is 8.78 Å². The second-order valence-electron chi connectivity index (χ2n) is 10.7. The molecule has 0 aliphatic carbocycles. The Hall–Kier alpha value is -3.25. The van der Waals surface area contributed by atoms with E-state index in [1.54, 1.807) is 51.1 Å². The number of hydrogen-bond donors (Lipinski definition) is 1. The molecule has 2 aliphatic heterocycles. The predicted molar refractivity (Wildman–Crippen MR) is 137 cm³/mol. The fourth-order valence-corrected chi connectivity index (χ4v) is 6.36. The molecule has 39 heavy (non-hydrogen) atoms. The molecule has 0 spiro atoms. The van der Waals surface area contributed by atoms with Crippen molar-refractivity contribution < 1.29 is 41.4 Å². The molecule has 0 aromatic heterocycles. The molecule has 212 valence electrons. The summed E-state index contributed by atoms with van der Waals surface area (Å²) in [4.78, 5) is 27.8. The number of piperazine rings is 1. The zero-order valence-corrected chi connectivity index (χ0v) is 22.7. The summed E-state index contributed by atoms with van der Waals surface area (Å²) in [5.41, 5.74) is -0.243. The maximum absolute atomic E-state index is 15.7. The van der Waals surface area contributed by atoms with E-state index in [1.165, 1.54) is 23.1 Å². The minimum absolute atomic E-state index is 0.148. The summed E-state index contributed by atoms with van der Waals surface area (Å²) < 4.78 is 68.3. The number of fused-ring (bicyclic) bond motifs is 2. The van der Waals surface area contributed by atoms with Gasteiger partial charge in [-0.25, -0.2) is 18.0 Å². The first-order valence-electron chi connectivity index (χ1n) is 12.6.